The third kappa shape index (κ3) is 3.80. The van der Waals surface area contributed by atoms with Gasteiger partial charge in [-0.1, -0.05) is 0 Å². The molecule has 5 nitrogen and oxygen atoms in total. The number of hydrogen-bond acceptors (Lipinski definition) is 4. The molecule has 0 saturated carbocycles. The minimum absolute atomic E-state index is 0.244. The average Bonchev–Trinajstić information content (AvgIpc) is 2.75. The molecule has 0 spiro atoms. The van der Waals surface area contributed by atoms with Crippen molar-refractivity contribution in [2.45, 2.75) is 44.2 Å². The maximum absolute atomic E-state index is 5.73. The highest BCUT2D eigenvalue weighted by Gasteiger charge is 2.19. The highest BCUT2D eigenvalue weighted by atomic mass is 16.5. The van der Waals surface area contributed by atoms with E-state index in [1.54, 1.807) is 0 Å². The zero-order chi connectivity index (χ0) is 12.1. The number of nitrogens with zero attached hydrogens (tertiary/aromatic N) is 2. The molecule has 2 heterocycles. The van der Waals surface area contributed by atoms with Crippen LogP contribution in [0.15, 0.2) is 12.3 Å². The maximum Gasteiger partial charge on any atom is 0.0640 e. The lowest BCUT2D eigenvalue weighted by molar-refractivity contribution is 0.00518. The van der Waals surface area contributed by atoms with Gasteiger partial charge in [0.25, 0.3) is 0 Å². The molecule has 0 aliphatic carbocycles. The quantitative estimate of drug-likeness (QED) is 0.587. The smallest absolute Gasteiger partial charge is 0.0640 e. The lowest BCUT2D eigenvalue weighted by Gasteiger charge is -2.26. The van der Waals surface area contributed by atoms with E-state index in [1.165, 1.54) is 12.8 Å². The van der Waals surface area contributed by atoms with E-state index in [9.17, 15) is 0 Å². The van der Waals surface area contributed by atoms with Crippen molar-refractivity contribution >= 4 is 0 Å². The number of nitrogens with two attached hydrogens (primary N) is 1. The van der Waals surface area contributed by atoms with Crippen LogP contribution < -0.4 is 11.3 Å². The van der Waals surface area contributed by atoms with Crippen LogP contribution in [0.2, 0.25) is 0 Å². The molecule has 1 aliphatic rings. The Morgan fingerprint density at radius 2 is 2.53 bits per heavy atom. The summed E-state index contributed by atoms with van der Waals surface area (Å²) in [6.07, 6.45) is 7.75. The fourth-order valence-corrected chi connectivity index (χ4v) is 2.35. The van der Waals surface area contributed by atoms with Crippen LogP contribution in [0.5, 0.6) is 0 Å². The van der Waals surface area contributed by atoms with E-state index in [0.717, 1.165) is 31.6 Å². The Balaban J connectivity index is 1.83. The van der Waals surface area contributed by atoms with Gasteiger partial charge in [-0.25, -0.2) is 0 Å². The normalized spacial score (nSPS) is 22.6. The van der Waals surface area contributed by atoms with Crippen LogP contribution in [-0.2, 0) is 18.2 Å². The van der Waals surface area contributed by atoms with Crippen LogP contribution in [0, 0.1) is 0 Å². The first kappa shape index (κ1) is 12.5. The first-order valence-electron chi connectivity index (χ1n) is 6.34. The summed E-state index contributed by atoms with van der Waals surface area (Å²) in [7, 11) is 1.93. The van der Waals surface area contributed by atoms with Crippen LogP contribution in [-0.4, -0.2) is 28.5 Å². The van der Waals surface area contributed by atoms with Gasteiger partial charge in [0.15, 0.2) is 0 Å². The SMILES string of the molecule is Cn1ccc(CC(CC2CCCCO2)NN)n1. The summed E-state index contributed by atoms with van der Waals surface area (Å²) in [4.78, 5) is 0. The Bertz CT molecular complexity index is 333. The molecule has 3 N–H and O–H groups in total. The number of hydrazine groups is 1. The van der Waals surface area contributed by atoms with Crippen molar-refractivity contribution in [2.24, 2.45) is 12.9 Å². The first-order valence-corrected chi connectivity index (χ1v) is 6.34. The van der Waals surface area contributed by atoms with E-state index in [2.05, 4.69) is 10.5 Å². The van der Waals surface area contributed by atoms with Crippen molar-refractivity contribution in [2.75, 3.05) is 6.61 Å². The summed E-state index contributed by atoms with van der Waals surface area (Å²) in [5.74, 6) is 5.60. The van der Waals surface area contributed by atoms with Crippen LogP contribution in [0.4, 0.5) is 0 Å². The van der Waals surface area contributed by atoms with Gasteiger partial charge in [0.2, 0.25) is 0 Å². The summed E-state index contributed by atoms with van der Waals surface area (Å²) in [6.45, 7) is 0.894. The monoisotopic (exact) mass is 238 g/mol. The van der Waals surface area contributed by atoms with Gasteiger partial charge in [-0.05, 0) is 31.7 Å². The lowest BCUT2D eigenvalue weighted by Crippen LogP contribution is -2.40. The molecule has 1 aromatic heterocycles. The molecule has 1 aromatic rings. The van der Waals surface area contributed by atoms with Crippen LogP contribution in [0.25, 0.3) is 0 Å². The van der Waals surface area contributed by atoms with E-state index in [0.29, 0.717) is 6.10 Å². The molecule has 0 bridgehead atoms. The van der Waals surface area contributed by atoms with E-state index < -0.39 is 0 Å². The standard InChI is InChI=1S/C12H22N4O/c1-16-6-5-10(15-16)8-11(14-13)9-12-4-2-3-7-17-12/h5-6,11-12,14H,2-4,7-9,13H2,1H3. The summed E-state index contributed by atoms with van der Waals surface area (Å²) < 4.78 is 7.55. The molecule has 96 valence electrons. The second kappa shape index (κ2) is 6.14. The van der Waals surface area contributed by atoms with Gasteiger partial charge in [0, 0.05) is 32.3 Å². The van der Waals surface area contributed by atoms with Crippen molar-refractivity contribution in [1.82, 2.24) is 15.2 Å². The Morgan fingerprint density at radius 1 is 1.65 bits per heavy atom. The third-order valence-corrected chi connectivity index (χ3v) is 3.28. The van der Waals surface area contributed by atoms with Gasteiger partial charge in [0.1, 0.15) is 0 Å². The van der Waals surface area contributed by atoms with Crippen molar-refractivity contribution in [3.63, 3.8) is 0 Å². The summed E-state index contributed by atoms with van der Waals surface area (Å²) in [5.41, 5.74) is 3.95. The van der Waals surface area contributed by atoms with E-state index in [4.69, 9.17) is 10.6 Å². The molecule has 1 saturated heterocycles. The van der Waals surface area contributed by atoms with Gasteiger partial charge in [-0.15, -0.1) is 0 Å². The van der Waals surface area contributed by atoms with Crippen molar-refractivity contribution in [3.05, 3.63) is 18.0 Å². The zero-order valence-electron chi connectivity index (χ0n) is 10.4. The molecule has 0 amide bonds. The van der Waals surface area contributed by atoms with E-state index >= 15 is 0 Å². The van der Waals surface area contributed by atoms with Gasteiger partial charge in [0.05, 0.1) is 11.8 Å². The van der Waals surface area contributed by atoms with Crippen LogP contribution in [0.3, 0.4) is 0 Å². The largest absolute Gasteiger partial charge is 0.378 e. The van der Waals surface area contributed by atoms with Crippen molar-refractivity contribution in [3.8, 4) is 0 Å². The Morgan fingerprint density at radius 3 is 3.12 bits per heavy atom. The average molecular weight is 238 g/mol. The Kier molecular flexibility index (Phi) is 4.53. The molecule has 1 fully saturated rings. The number of nitrogens with one attached hydrogen (secondary N) is 1. The Hall–Kier alpha value is -0.910. The molecule has 1 aliphatic heterocycles. The molecule has 17 heavy (non-hydrogen) atoms. The summed E-state index contributed by atoms with van der Waals surface area (Å²) in [5, 5.41) is 4.37. The molecule has 0 radical (unpaired) electrons. The second-order valence-corrected chi connectivity index (χ2v) is 4.77. The number of hydrogen-bond donors (Lipinski definition) is 2. The topological polar surface area (TPSA) is 65.1 Å². The second-order valence-electron chi connectivity index (χ2n) is 4.77. The number of aromatic nitrogens is 2. The first-order chi connectivity index (χ1) is 8.28. The molecular weight excluding hydrogens is 216 g/mol. The highest BCUT2D eigenvalue weighted by molar-refractivity contribution is 5.01. The summed E-state index contributed by atoms with van der Waals surface area (Å²) >= 11 is 0. The molecule has 2 unspecified atom stereocenters. The number of aryl methyl sites for hydroxylation is 1. The fraction of sp³-hybridized carbons (Fsp3) is 0.750. The van der Waals surface area contributed by atoms with E-state index in [1.807, 2.05) is 24.0 Å². The van der Waals surface area contributed by atoms with Crippen molar-refractivity contribution < 1.29 is 4.74 Å². The highest BCUT2D eigenvalue weighted by Crippen LogP contribution is 2.18. The predicted octanol–water partition coefficient (Wildman–Crippen LogP) is 0.754. The van der Waals surface area contributed by atoms with Crippen LogP contribution in [0.1, 0.15) is 31.4 Å². The van der Waals surface area contributed by atoms with E-state index in [-0.39, 0.29) is 6.04 Å². The third-order valence-electron chi connectivity index (χ3n) is 3.28. The molecule has 0 aromatic carbocycles. The summed E-state index contributed by atoms with van der Waals surface area (Å²) in [6, 6.07) is 2.28. The zero-order valence-corrected chi connectivity index (χ0v) is 10.4. The minimum atomic E-state index is 0.244. The van der Waals surface area contributed by atoms with Crippen LogP contribution >= 0.6 is 0 Å². The van der Waals surface area contributed by atoms with Crippen molar-refractivity contribution in [1.29, 1.82) is 0 Å². The number of rotatable bonds is 5. The van der Waals surface area contributed by atoms with Gasteiger partial charge < -0.3 is 4.74 Å². The van der Waals surface area contributed by atoms with Gasteiger partial charge in [-0.2, -0.15) is 5.10 Å². The molecular formula is C12H22N4O. The molecule has 5 heteroatoms. The molecule has 2 rings (SSSR count). The maximum atomic E-state index is 5.73. The number of ether oxygens (including phenoxy) is 1. The predicted molar refractivity (Wildman–Crippen MR) is 66.2 cm³/mol. The fourth-order valence-electron chi connectivity index (χ4n) is 2.35. The lowest BCUT2D eigenvalue weighted by atomic mass is 9.99. The molecule has 2 atom stereocenters. The van der Waals surface area contributed by atoms with Gasteiger partial charge in [-0.3, -0.25) is 16.0 Å². The minimum Gasteiger partial charge on any atom is -0.378 e. The Labute approximate surface area is 102 Å². The van der Waals surface area contributed by atoms with Gasteiger partial charge >= 0.3 is 0 Å².